The van der Waals surface area contributed by atoms with Gasteiger partial charge in [0, 0.05) is 5.92 Å². The second-order valence-corrected chi connectivity index (χ2v) is 9.63. The van der Waals surface area contributed by atoms with E-state index < -0.39 is 11.9 Å². The van der Waals surface area contributed by atoms with E-state index in [1.54, 1.807) is 18.2 Å². The Balaban J connectivity index is 1.45. The van der Waals surface area contributed by atoms with E-state index in [1.165, 1.54) is 18.4 Å². The van der Waals surface area contributed by atoms with Crippen molar-refractivity contribution in [3.8, 4) is 6.07 Å². The third kappa shape index (κ3) is 7.52. The molecule has 2 atom stereocenters. The van der Waals surface area contributed by atoms with Gasteiger partial charge in [0.25, 0.3) is 0 Å². The number of nitrogens with zero attached hydrogens (tertiary/aromatic N) is 2. The average molecular weight is 473 g/mol. The highest BCUT2D eigenvalue weighted by atomic mass is 35.5. The summed E-state index contributed by atoms with van der Waals surface area (Å²) in [6.07, 6.45) is 4.85. The largest absolute Gasteiger partial charge is 0.481 e. The maximum absolute atomic E-state index is 11.8. The molecule has 0 radical (unpaired) electrons. The molecule has 4 nitrogen and oxygen atoms in total. The summed E-state index contributed by atoms with van der Waals surface area (Å²) in [5, 5.41) is 20.2. The number of piperidine rings is 1. The third-order valence-electron chi connectivity index (χ3n) is 6.44. The van der Waals surface area contributed by atoms with Crippen molar-refractivity contribution in [2.45, 2.75) is 38.5 Å². The Hall–Kier alpha value is -2.06. The zero-order valence-corrected chi connectivity index (χ0v) is 19.7. The molecule has 2 aromatic carbocycles. The molecule has 2 unspecified atom stereocenters. The van der Waals surface area contributed by atoms with Gasteiger partial charge in [-0.1, -0.05) is 59.6 Å². The highest BCUT2D eigenvalue weighted by molar-refractivity contribution is 6.42. The first-order chi connectivity index (χ1) is 15.4. The van der Waals surface area contributed by atoms with Crippen LogP contribution in [0.2, 0.25) is 10.0 Å². The van der Waals surface area contributed by atoms with Crippen molar-refractivity contribution >= 4 is 29.2 Å². The highest BCUT2D eigenvalue weighted by Crippen LogP contribution is 2.27. The monoisotopic (exact) mass is 472 g/mol. The fraction of sp³-hybridized carbons (Fsp3) is 0.462. The Morgan fingerprint density at radius 1 is 1.09 bits per heavy atom. The quantitative estimate of drug-likeness (QED) is 0.452. The van der Waals surface area contributed by atoms with Gasteiger partial charge in [0.15, 0.2) is 0 Å². The molecule has 2 aromatic rings. The molecular formula is C26H30Cl2N2O2. The Morgan fingerprint density at radius 3 is 2.44 bits per heavy atom. The van der Waals surface area contributed by atoms with Crippen LogP contribution in [0.25, 0.3) is 0 Å². The lowest BCUT2D eigenvalue weighted by Crippen LogP contribution is -2.35. The fourth-order valence-corrected chi connectivity index (χ4v) is 4.82. The summed E-state index contributed by atoms with van der Waals surface area (Å²) in [4.78, 5) is 14.2. The molecule has 6 heteroatoms. The van der Waals surface area contributed by atoms with Crippen LogP contribution in [0, 0.1) is 29.1 Å². The van der Waals surface area contributed by atoms with Crippen LogP contribution in [-0.2, 0) is 17.6 Å². The minimum atomic E-state index is -0.877. The summed E-state index contributed by atoms with van der Waals surface area (Å²) in [6.45, 7) is 2.93. The average Bonchev–Trinajstić information content (AvgIpc) is 2.79. The van der Waals surface area contributed by atoms with Crippen molar-refractivity contribution < 1.29 is 9.90 Å². The van der Waals surface area contributed by atoms with Gasteiger partial charge in [0.05, 0.1) is 22.0 Å². The molecule has 0 amide bonds. The molecule has 0 bridgehead atoms. The van der Waals surface area contributed by atoms with E-state index in [1.807, 2.05) is 0 Å². The molecule has 0 spiro atoms. The van der Waals surface area contributed by atoms with Crippen LogP contribution < -0.4 is 0 Å². The predicted octanol–water partition coefficient (Wildman–Crippen LogP) is 6.11. The van der Waals surface area contributed by atoms with E-state index >= 15 is 0 Å². The first kappa shape index (κ1) is 24.6. The maximum atomic E-state index is 11.8. The van der Waals surface area contributed by atoms with Gasteiger partial charge in [-0.25, -0.2) is 0 Å². The van der Waals surface area contributed by atoms with E-state index in [2.05, 4.69) is 41.3 Å². The molecule has 1 N–H and O–H groups in total. The Kier molecular flexibility index (Phi) is 9.41. The minimum absolute atomic E-state index is 0.277. The Bertz CT molecular complexity index is 921. The number of halogens is 2. The number of likely N-dealkylation sites (tertiary alicyclic amines) is 1. The zero-order chi connectivity index (χ0) is 22.9. The van der Waals surface area contributed by atoms with Crippen LogP contribution in [0.1, 0.15) is 36.8 Å². The molecular weight excluding hydrogens is 443 g/mol. The van der Waals surface area contributed by atoms with E-state index in [4.69, 9.17) is 23.2 Å². The number of hydrogen-bond donors (Lipinski definition) is 1. The van der Waals surface area contributed by atoms with Crippen LogP contribution in [0.3, 0.4) is 0 Å². The first-order valence-corrected chi connectivity index (χ1v) is 12.0. The Morgan fingerprint density at radius 2 is 1.81 bits per heavy atom. The number of rotatable bonds is 10. The van der Waals surface area contributed by atoms with Gasteiger partial charge in [0.2, 0.25) is 0 Å². The SMILES string of the molecule is N#CC(CCN1CCC(Cc2ccccc2)CC1)CC(Cc1ccc(Cl)c(Cl)c1)C(=O)O. The molecule has 1 fully saturated rings. The number of benzene rings is 2. The van der Waals surface area contributed by atoms with Crippen LogP contribution >= 0.6 is 23.2 Å². The maximum Gasteiger partial charge on any atom is 0.306 e. The van der Waals surface area contributed by atoms with Gasteiger partial charge in [-0.15, -0.1) is 0 Å². The minimum Gasteiger partial charge on any atom is -0.481 e. The van der Waals surface area contributed by atoms with Crippen LogP contribution in [-0.4, -0.2) is 35.6 Å². The van der Waals surface area contributed by atoms with Gasteiger partial charge in [0.1, 0.15) is 0 Å². The van der Waals surface area contributed by atoms with Gasteiger partial charge in [-0.2, -0.15) is 5.26 Å². The summed E-state index contributed by atoms with van der Waals surface area (Å²) in [7, 11) is 0. The number of hydrogen-bond acceptors (Lipinski definition) is 3. The van der Waals surface area contributed by atoms with Gasteiger partial charge >= 0.3 is 5.97 Å². The van der Waals surface area contributed by atoms with Crippen molar-refractivity contribution in [1.29, 1.82) is 5.26 Å². The number of carboxylic acids is 1. The third-order valence-corrected chi connectivity index (χ3v) is 7.17. The van der Waals surface area contributed by atoms with E-state index in [9.17, 15) is 15.2 Å². The van der Waals surface area contributed by atoms with E-state index in [0.717, 1.165) is 31.6 Å². The molecule has 1 saturated heterocycles. The molecule has 32 heavy (non-hydrogen) atoms. The molecule has 3 rings (SSSR count). The zero-order valence-electron chi connectivity index (χ0n) is 18.2. The molecule has 1 aliphatic heterocycles. The van der Waals surface area contributed by atoms with Gasteiger partial charge in [-0.05, 0) is 87.3 Å². The molecule has 1 aliphatic rings. The second-order valence-electron chi connectivity index (χ2n) is 8.81. The normalized spacial score (nSPS) is 16.9. The molecule has 0 aliphatic carbocycles. The fourth-order valence-electron chi connectivity index (χ4n) is 4.50. The predicted molar refractivity (Wildman–Crippen MR) is 129 cm³/mol. The van der Waals surface area contributed by atoms with Gasteiger partial charge < -0.3 is 10.0 Å². The topological polar surface area (TPSA) is 64.3 Å². The molecule has 0 aromatic heterocycles. The van der Waals surface area contributed by atoms with Crippen molar-refractivity contribution in [2.24, 2.45) is 17.8 Å². The lowest BCUT2D eigenvalue weighted by atomic mass is 9.87. The standard InChI is InChI=1S/C26H30Cl2N2O2/c27-24-7-6-21(17-25(24)28)15-23(26(31)32)16-22(18-29)10-13-30-11-8-20(9-12-30)14-19-4-2-1-3-5-19/h1-7,17,20,22-23H,8-16H2,(H,31,32). The second kappa shape index (κ2) is 12.3. The molecule has 170 valence electrons. The van der Waals surface area contributed by atoms with Crippen LogP contribution in [0.5, 0.6) is 0 Å². The summed E-state index contributed by atoms with van der Waals surface area (Å²) >= 11 is 12.0. The van der Waals surface area contributed by atoms with Crippen molar-refractivity contribution in [2.75, 3.05) is 19.6 Å². The lowest BCUT2D eigenvalue weighted by Gasteiger charge is -2.32. The number of nitriles is 1. The smallest absolute Gasteiger partial charge is 0.306 e. The summed E-state index contributed by atoms with van der Waals surface area (Å²) in [5.41, 5.74) is 2.22. The highest BCUT2D eigenvalue weighted by Gasteiger charge is 2.25. The first-order valence-electron chi connectivity index (χ1n) is 11.3. The van der Waals surface area contributed by atoms with E-state index in [0.29, 0.717) is 35.2 Å². The van der Waals surface area contributed by atoms with Gasteiger partial charge in [-0.3, -0.25) is 4.79 Å². The van der Waals surface area contributed by atoms with Crippen LogP contribution in [0.15, 0.2) is 48.5 Å². The summed E-state index contributed by atoms with van der Waals surface area (Å²) < 4.78 is 0. The van der Waals surface area contributed by atoms with Crippen molar-refractivity contribution in [3.63, 3.8) is 0 Å². The molecule has 1 heterocycles. The number of carboxylic acid groups (broad SMARTS) is 1. The van der Waals surface area contributed by atoms with E-state index in [-0.39, 0.29) is 5.92 Å². The number of carbonyl (C=O) groups is 1. The van der Waals surface area contributed by atoms with Crippen molar-refractivity contribution in [3.05, 3.63) is 69.7 Å². The summed E-state index contributed by atoms with van der Waals surface area (Å²) in [6, 6.07) is 18.2. The lowest BCUT2D eigenvalue weighted by molar-refractivity contribution is -0.142. The van der Waals surface area contributed by atoms with Crippen molar-refractivity contribution in [1.82, 2.24) is 4.90 Å². The number of aliphatic carboxylic acids is 1. The Labute approximate surface area is 200 Å². The van der Waals surface area contributed by atoms with Crippen LogP contribution in [0.4, 0.5) is 0 Å². The summed E-state index contributed by atoms with van der Waals surface area (Å²) in [5.74, 6) is -1.06. The molecule has 0 saturated carbocycles.